The van der Waals surface area contributed by atoms with Crippen LogP contribution in [0.15, 0.2) is 30.3 Å². The molecule has 41 heavy (non-hydrogen) atoms. The lowest BCUT2D eigenvalue weighted by Crippen LogP contribution is -2.52. The van der Waals surface area contributed by atoms with E-state index in [4.69, 9.17) is 21.4 Å². The molecule has 12 nitrogen and oxygen atoms in total. The number of anilines is 1. The van der Waals surface area contributed by atoms with Crippen LogP contribution in [-0.2, 0) is 43.3 Å². The number of carbonyl (C=O) groups excluding carboxylic acids is 5. The summed E-state index contributed by atoms with van der Waals surface area (Å²) in [5.74, 6) is -2.30. The fraction of sp³-hybridized carbons (Fsp3) is 0.393. The summed E-state index contributed by atoms with van der Waals surface area (Å²) in [7, 11) is 1.58. The molecule has 2 heterocycles. The monoisotopic (exact) mass is 586 g/mol. The number of imide groups is 1. The van der Waals surface area contributed by atoms with Crippen molar-refractivity contribution in [3.8, 4) is 5.75 Å². The van der Waals surface area contributed by atoms with Crippen LogP contribution in [0.5, 0.6) is 5.75 Å². The Morgan fingerprint density at radius 2 is 1.93 bits per heavy atom. The molecular weight excluding hydrogens is 556 g/mol. The first-order valence-corrected chi connectivity index (χ1v) is 13.5. The van der Waals surface area contributed by atoms with Gasteiger partial charge in [-0.05, 0) is 36.6 Å². The Morgan fingerprint density at radius 3 is 2.63 bits per heavy atom. The van der Waals surface area contributed by atoms with Crippen LogP contribution in [-0.4, -0.2) is 89.0 Å². The van der Waals surface area contributed by atoms with Gasteiger partial charge in [0.25, 0.3) is 5.91 Å². The molecule has 1 saturated heterocycles. The maximum absolute atomic E-state index is 12.9. The molecule has 5 amide bonds. The summed E-state index contributed by atoms with van der Waals surface area (Å²) in [6.07, 6.45) is 0.689. The second-order valence-electron chi connectivity index (χ2n) is 9.87. The van der Waals surface area contributed by atoms with Gasteiger partial charge in [-0.1, -0.05) is 23.7 Å². The lowest BCUT2D eigenvalue weighted by molar-refractivity contribution is -0.137. The molecule has 0 aliphatic carbocycles. The first-order chi connectivity index (χ1) is 19.6. The molecule has 2 aromatic rings. The molecule has 4 rings (SSSR count). The number of likely N-dealkylation sites (N-methyl/N-ethyl adjacent to an activating group) is 1. The van der Waals surface area contributed by atoms with Crippen LogP contribution in [0.1, 0.15) is 39.9 Å². The van der Waals surface area contributed by atoms with E-state index in [0.29, 0.717) is 48.0 Å². The lowest BCUT2D eigenvalue weighted by Gasteiger charge is -2.29. The number of phenols is 1. The van der Waals surface area contributed by atoms with Crippen LogP contribution in [0, 0.1) is 0 Å². The standard InChI is InChI=1S/C28H31ClN4O8/c1-32(25(37)15-34)9-11-41-10-8-16-2-4-18(13-21(16)29)30-24(36)12-17-3-5-19-20(26(17)38)14-33(28(19)40)22-6-7-23(35)31-27(22)39/h2-5,13,22,34,38H,6-12,14-15H2,1H3,(H,30,36)(H,31,35,39). The van der Waals surface area contributed by atoms with E-state index in [9.17, 15) is 29.1 Å². The number of carbonyl (C=O) groups is 5. The summed E-state index contributed by atoms with van der Waals surface area (Å²) in [6, 6.07) is 7.32. The average Bonchev–Trinajstić information content (AvgIpc) is 3.27. The number of ether oxygens (including phenoxy) is 1. The zero-order chi connectivity index (χ0) is 29.7. The number of aliphatic hydroxyl groups is 1. The number of hydrogen-bond acceptors (Lipinski definition) is 8. The van der Waals surface area contributed by atoms with Crippen molar-refractivity contribution in [1.29, 1.82) is 0 Å². The summed E-state index contributed by atoms with van der Waals surface area (Å²) in [4.78, 5) is 63.4. The molecule has 4 N–H and O–H groups in total. The Morgan fingerprint density at radius 1 is 1.17 bits per heavy atom. The van der Waals surface area contributed by atoms with Crippen LogP contribution in [0.3, 0.4) is 0 Å². The number of hydrogen-bond donors (Lipinski definition) is 4. The summed E-state index contributed by atoms with van der Waals surface area (Å²) in [5.41, 5.74) is 2.20. The van der Waals surface area contributed by atoms with Crippen molar-refractivity contribution in [2.45, 2.75) is 38.3 Å². The summed E-state index contributed by atoms with van der Waals surface area (Å²) in [6.45, 7) is 0.488. The number of amides is 5. The Bertz CT molecular complexity index is 1380. The number of rotatable bonds is 11. The van der Waals surface area contributed by atoms with E-state index in [0.717, 1.165) is 5.56 Å². The zero-order valence-corrected chi connectivity index (χ0v) is 23.2. The average molecular weight is 587 g/mol. The third-order valence-corrected chi connectivity index (χ3v) is 7.46. The molecule has 2 aliphatic heterocycles. The van der Waals surface area contributed by atoms with E-state index in [2.05, 4.69) is 10.6 Å². The molecule has 0 bridgehead atoms. The molecule has 0 aromatic heterocycles. The van der Waals surface area contributed by atoms with E-state index in [-0.39, 0.29) is 48.9 Å². The van der Waals surface area contributed by atoms with E-state index >= 15 is 0 Å². The number of aromatic hydroxyl groups is 1. The highest BCUT2D eigenvalue weighted by Crippen LogP contribution is 2.35. The second-order valence-corrected chi connectivity index (χ2v) is 10.3. The Labute approximate surface area is 241 Å². The van der Waals surface area contributed by atoms with Gasteiger partial charge in [0, 0.05) is 47.4 Å². The third kappa shape index (κ3) is 7.02. The molecule has 1 atom stereocenters. The highest BCUT2D eigenvalue weighted by Gasteiger charge is 2.40. The van der Waals surface area contributed by atoms with Crippen molar-refractivity contribution in [2.75, 3.05) is 38.7 Å². The quantitative estimate of drug-likeness (QED) is 0.224. The number of piperidine rings is 1. The first-order valence-electron chi connectivity index (χ1n) is 13.1. The Kier molecular flexibility index (Phi) is 9.58. The van der Waals surface area contributed by atoms with Crippen molar-refractivity contribution in [3.63, 3.8) is 0 Å². The maximum Gasteiger partial charge on any atom is 0.255 e. The van der Waals surface area contributed by atoms with Gasteiger partial charge in [0.2, 0.25) is 23.6 Å². The van der Waals surface area contributed by atoms with Crippen molar-refractivity contribution in [2.24, 2.45) is 0 Å². The number of nitrogens with zero attached hydrogens (tertiary/aromatic N) is 2. The SMILES string of the molecule is CN(CCOCCc1ccc(NC(=O)Cc2ccc3c(c2O)CN(C2CCC(=O)NC2=O)C3=O)cc1Cl)C(=O)CO. The third-order valence-electron chi connectivity index (χ3n) is 7.11. The molecule has 218 valence electrons. The summed E-state index contributed by atoms with van der Waals surface area (Å²) >= 11 is 6.38. The minimum atomic E-state index is -0.803. The zero-order valence-electron chi connectivity index (χ0n) is 22.4. The van der Waals surface area contributed by atoms with E-state index in [1.54, 1.807) is 25.2 Å². The number of nitrogens with one attached hydrogen (secondary N) is 2. The van der Waals surface area contributed by atoms with Gasteiger partial charge in [-0.25, -0.2) is 0 Å². The number of fused-ring (bicyclic) bond motifs is 1. The van der Waals surface area contributed by atoms with Crippen LogP contribution < -0.4 is 10.6 Å². The fourth-order valence-corrected chi connectivity index (χ4v) is 5.03. The van der Waals surface area contributed by atoms with Gasteiger partial charge in [0.15, 0.2) is 0 Å². The molecule has 2 aliphatic rings. The summed E-state index contributed by atoms with van der Waals surface area (Å²) < 4.78 is 5.53. The molecule has 13 heteroatoms. The number of phenolic OH excluding ortho intramolecular Hbond substituents is 1. The normalized spacial score (nSPS) is 16.4. The number of halogens is 1. The fourth-order valence-electron chi connectivity index (χ4n) is 4.75. The van der Waals surface area contributed by atoms with Crippen molar-refractivity contribution >= 4 is 46.8 Å². The minimum absolute atomic E-state index is 0.00000514. The van der Waals surface area contributed by atoms with Gasteiger partial charge in [-0.3, -0.25) is 29.3 Å². The first kappa shape index (κ1) is 30.0. The molecule has 1 fully saturated rings. The molecule has 0 radical (unpaired) electrons. The smallest absolute Gasteiger partial charge is 0.255 e. The van der Waals surface area contributed by atoms with E-state index in [1.807, 2.05) is 0 Å². The predicted octanol–water partition coefficient (Wildman–Crippen LogP) is 0.998. The Balaban J connectivity index is 1.30. The molecule has 1 unspecified atom stereocenters. The van der Waals surface area contributed by atoms with Crippen LogP contribution >= 0.6 is 11.6 Å². The highest BCUT2D eigenvalue weighted by molar-refractivity contribution is 6.31. The summed E-state index contributed by atoms with van der Waals surface area (Å²) in [5, 5.41) is 25.1. The number of benzene rings is 2. The van der Waals surface area contributed by atoms with E-state index in [1.165, 1.54) is 21.9 Å². The van der Waals surface area contributed by atoms with Crippen LogP contribution in [0.4, 0.5) is 5.69 Å². The van der Waals surface area contributed by atoms with Gasteiger partial charge >= 0.3 is 0 Å². The molecule has 0 saturated carbocycles. The van der Waals surface area contributed by atoms with Crippen LogP contribution in [0.2, 0.25) is 5.02 Å². The van der Waals surface area contributed by atoms with Crippen molar-refractivity contribution < 1.29 is 38.9 Å². The second kappa shape index (κ2) is 13.1. The molecule has 2 aromatic carbocycles. The van der Waals surface area contributed by atoms with Gasteiger partial charge in [0.05, 0.1) is 26.2 Å². The molecular formula is C28H31ClN4O8. The van der Waals surface area contributed by atoms with Gasteiger partial charge in [-0.15, -0.1) is 0 Å². The van der Waals surface area contributed by atoms with Gasteiger partial charge < -0.3 is 30.1 Å². The maximum atomic E-state index is 12.9. The number of aliphatic hydroxyl groups excluding tert-OH is 1. The van der Waals surface area contributed by atoms with Gasteiger partial charge in [0.1, 0.15) is 18.4 Å². The minimum Gasteiger partial charge on any atom is -0.507 e. The highest BCUT2D eigenvalue weighted by atomic mass is 35.5. The topological polar surface area (TPSA) is 166 Å². The Hall–Kier alpha value is -4.00. The molecule has 0 spiro atoms. The van der Waals surface area contributed by atoms with Crippen LogP contribution in [0.25, 0.3) is 0 Å². The van der Waals surface area contributed by atoms with Crippen molar-refractivity contribution in [1.82, 2.24) is 15.1 Å². The van der Waals surface area contributed by atoms with E-state index < -0.39 is 30.4 Å². The van der Waals surface area contributed by atoms with Gasteiger partial charge in [-0.2, -0.15) is 0 Å². The largest absolute Gasteiger partial charge is 0.507 e. The lowest BCUT2D eigenvalue weighted by atomic mass is 10.0. The van der Waals surface area contributed by atoms with Crippen molar-refractivity contribution in [3.05, 3.63) is 57.6 Å². The predicted molar refractivity (Wildman–Crippen MR) is 147 cm³/mol.